The minimum atomic E-state index is -0.815. The molecule has 0 rings (SSSR count). The maximum atomic E-state index is 5.66. The standard InChI is InChI=1S/C4H9O2.2C2H5.Al/c1-2-6-4-3-5;2*1-2;/h2-4H2,1H3;2*1H2,2H3;/q-1;;;+1. The van der Waals surface area contributed by atoms with E-state index in [0.717, 1.165) is 19.8 Å². The molecule has 0 fully saturated rings. The summed E-state index contributed by atoms with van der Waals surface area (Å²) in [5.74, 6) is 0. The lowest BCUT2D eigenvalue weighted by Crippen LogP contribution is -2.18. The molecule has 0 aromatic heterocycles. The number of hydrogen-bond acceptors (Lipinski definition) is 2. The molecule has 0 aliphatic rings. The van der Waals surface area contributed by atoms with E-state index in [9.17, 15) is 0 Å². The third kappa shape index (κ3) is 6.84. The Kier molecular flexibility index (Phi) is 8.90. The van der Waals surface area contributed by atoms with Gasteiger partial charge in [0.15, 0.2) is 0 Å². The summed E-state index contributed by atoms with van der Waals surface area (Å²) in [4.78, 5) is 0. The highest BCUT2D eigenvalue weighted by atomic mass is 27.2. The Bertz CT molecular complexity index is 74.5. The predicted octanol–water partition coefficient (Wildman–Crippen LogP) is 2.07. The van der Waals surface area contributed by atoms with Crippen LogP contribution >= 0.6 is 0 Å². The Hall–Kier alpha value is 0.452. The second kappa shape index (κ2) is 8.55. The van der Waals surface area contributed by atoms with E-state index in [4.69, 9.17) is 8.53 Å². The Morgan fingerprint density at radius 3 is 2.09 bits per heavy atom. The Morgan fingerprint density at radius 2 is 1.64 bits per heavy atom. The number of ether oxygens (including phenoxy) is 1. The SMILES string of the molecule is CCOCC[O][Al]([CH2]C)[CH2]C. The first-order chi connectivity index (χ1) is 5.35. The van der Waals surface area contributed by atoms with Gasteiger partial charge in [-0.15, -0.1) is 0 Å². The normalized spacial score (nSPS) is 10.1. The topological polar surface area (TPSA) is 18.5 Å². The maximum Gasteiger partial charge on any atom is 0.460 e. The Labute approximate surface area is 74.6 Å². The van der Waals surface area contributed by atoms with Crippen LogP contribution in [-0.4, -0.2) is 34.3 Å². The molecule has 0 spiro atoms. The van der Waals surface area contributed by atoms with Crippen molar-refractivity contribution < 1.29 is 8.53 Å². The molecule has 0 aromatic rings. The lowest BCUT2D eigenvalue weighted by molar-refractivity contribution is 0.109. The third-order valence-electron chi connectivity index (χ3n) is 1.70. The highest BCUT2D eigenvalue weighted by molar-refractivity contribution is 6.51. The third-order valence-corrected chi connectivity index (χ3v) is 4.22. The van der Waals surface area contributed by atoms with Gasteiger partial charge in [0.1, 0.15) is 0 Å². The Morgan fingerprint density at radius 1 is 1.00 bits per heavy atom. The molecule has 0 saturated carbocycles. The predicted molar refractivity (Wildman–Crippen MR) is 49.2 cm³/mol. The fraction of sp³-hybridized carbons (Fsp3) is 1.00. The van der Waals surface area contributed by atoms with Crippen molar-refractivity contribution in [3.05, 3.63) is 0 Å². The average molecular weight is 174 g/mol. The monoisotopic (exact) mass is 174 g/mol. The van der Waals surface area contributed by atoms with Crippen molar-refractivity contribution in [2.24, 2.45) is 0 Å². The van der Waals surface area contributed by atoms with E-state index < -0.39 is 14.5 Å². The molecule has 0 aromatic carbocycles. The molecule has 0 amide bonds. The minimum absolute atomic E-state index is 0.764. The summed E-state index contributed by atoms with van der Waals surface area (Å²) in [5.41, 5.74) is 0. The first-order valence-corrected chi connectivity index (χ1v) is 6.64. The minimum Gasteiger partial charge on any atom is -0.499 e. The van der Waals surface area contributed by atoms with E-state index >= 15 is 0 Å². The summed E-state index contributed by atoms with van der Waals surface area (Å²) in [6.07, 6.45) is 0. The van der Waals surface area contributed by atoms with Crippen molar-refractivity contribution in [1.82, 2.24) is 0 Å². The summed E-state index contributed by atoms with van der Waals surface area (Å²) in [5, 5.41) is 2.48. The van der Waals surface area contributed by atoms with Crippen LogP contribution in [0.15, 0.2) is 0 Å². The van der Waals surface area contributed by atoms with E-state index in [1.54, 1.807) is 0 Å². The molecule has 3 heteroatoms. The van der Waals surface area contributed by atoms with Gasteiger partial charge in [0.2, 0.25) is 0 Å². The van der Waals surface area contributed by atoms with Gasteiger partial charge in [0.05, 0.1) is 6.61 Å². The summed E-state index contributed by atoms with van der Waals surface area (Å²) >= 11 is -0.815. The molecule has 0 atom stereocenters. The van der Waals surface area contributed by atoms with Crippen molar-refractivity contribution in [3.63, 3.8) is 0 Å². The molecule has 0 radical (unpaired) electrons. The lowest BCUT2D eigenvalue weighted by atomic mass is 10.8. The molecule has 11 heavy (non-hydrogen) atoms. The van der Waals surface area contributed by atoms with Gasteiger partial charge in [-0.05, 0) is 6.92 Å². The van der Waals surface area contributed by atoms with E-state index in [1.807, 2.05) is 6.92 Å². The van der Waals surface area contributed by atoms with Crippen LogP contribution < -0.4 is 0 Å². The zero-order valence-electron chi connectivity index (χ0n) is 7.93. The van der Waals surface area contributed by atoms with E-state index in [1.165, 1.54) is 10.6 Å². The van der Waals surface area contributed by atoms with Crippen molar-refractivity contribution >= 4 is 14.5 Å². The van der Waals surface area contributed by atoms with Gasteiger partial charge in [-0.1, -0.05) is 24.4 Å². The molecule has 0 aliphatic carbocycles. The van der Waals surface area contributed by atoms with Crippen LogP contribution in [0.4, 0.5) is 0 Å². The van der Waals surface area contributed by atoms with Crippen molar-refractivity contribution in [3.8, 4) is 0 Å². The highest BCUT2D eigenvalue weighted by Crippen LogP contribution is 1.98. The number of hydrogen-bond donors (Lipinski definition) is 0. The van der Waals surface area contributed by atoms with E-state index in [0.29, 0.717) is 0 Å². The van der Waals surface area contributed by atoms with Gasteiger partial charge >= 0.3 is 14.5 Å². The van der Waals surface area contributed by atoms with Crippen LogP contribution in [0.5, 0.6) is 0 Å². The van der Waals surface area contributed by atoms with Gasteiger partial charge < -0.3 is 8.53 Å². The van der Waals surface area contributed by atoms with Gasteiger partial charge in [-0.3, -0.25) is 0 Å². The molecular formula is C8H19AlO2. The van der Waals surface area contributed by atoms with E-state index in [-0.39, 0.29) is 0 Å². The molecule has 0 unspecified atom stereocenters. The van der Waals surface area contributed by atoms with Crippen LogP contribution in [0.2, 0.25) is 10.6 Å². The second-order valence-electron chi connectivity index (χ2n) is 2.51. The first-order valence-electron chi connectivity index (χ1n) is 4.54. The quantitative estimate of drug-likeness (QED) is 0.434. The van der Waals surface area contributed by atoms with Gasteiger partial charge in [-0.25, -0.2) is 0 Å². The molecule has 0 saturated heterocycles. The zero-order valence-corrected chi connectivity index (χ0v) is 9.08. The van der Waals surface area contributed by atoms with Crippen LogP contribution in [0.1, 0.15) is 20.8 Å². The van der Waals surface area contributed by atoms with Gasteiger partial charge in [0.25, 0.3) is 0 Å². The van der Waals surface area contributed by atoms with Crippen LogP contribution in [-0.2, 0) is 8.53 Å². The molecule has 0 N–H and O–H groups in total. The summed E-state index contributed by atoms with van der Waals surface area (Å²) < 4.78 is 10.8. The largest absolute Gasteiger partial charge is 0.499 e. The average Bonchev–Trinajstić information content (AvgIpc) is 2.05. The van der Waals surface area contributed by atoms with Crippen LogP contribution in [0.25, 0.3) is 0 Å². The molecule has 0 bridgehead atoms. The smallest absolute Gasteiger partial charge is 0.460 e. The van der Waals surface area contributed by atoms with Crippen molar-refractivity contribution in [1.29, 1.82) is 0 Å². The van der Waals surface area contributed by atoms with E-state index in [2.05, 4.69) is 13.8 Å². The lowest BCUT2D eigenvalue weighted by Gasteiger charge is -2.08. The molecule has 0 heterocycles. The fourth-order valence-corrected chi connectivity index (χ4v) is 2.42. The summed E-state index contributed by atoms with van der Waals surface area (Å²) in [6.45, 7) is 8.79. The molecule has 66 valence electrons. The zero-order chi connectivity index (χ0) is 8.53. The summed E-state index contributed by atoms with van der Waals surface area (Å²) in [6, 6.07) is 0. The molecule has 2 nitrogen and oxygen atoms in total. The van der Waals surface area contributed by atoms with Gasteiger partial charge in [0, 0.05) is 13.2 Å². The first kappa shape index (κ1) is 11.5. The van der Waals surface area contributed by atoms with Crippen LogP contribution in [0, 0.1) is 0 Å². The molecular weight excluding hydrogens is 155 g/mol. The number of rotatable bonds is 7. The van der Waals surface area contributed by atoms with Crippen molar-refractivity contribution in [2.75, 3.05) is 19.8 Å². The maximum absolute atomic E-state index is 5.66. The Balaban J connectivity index is 3.07. The van der Waals surface area contributed by atoms with Crippen molar-refractivity contribution in [2.45, 2.75) is 31.3 Å². The molecule has 0 aliphatic heterocycles. The fourth-order valence-electron chi connectivity index (χ4n) is 0.942. The second-order valence-corrected chi connectivity index (χ2v) is 5.72. The van der Waals surface area contributed by atoms with Gasteiger partial charge in [-0.2, -0.15) is 0 Å². The summed E-state index contributed by atoms with van der Waals surface area (Å²) in [7, 11) is 0. The highest BCUT2D eigenvalue weighted by Gasteiger charge is 2.13. The van der Waals surface area contributed by atoms with Crippen LogP contribution in [0.3, 0.4) is 0 Å².